The van der Waals surface area contributed by atoms with Gasteiger partial charge in [-0.05, 0) is 23.8 Å². The molecule has 0 unspecified atom stereocenters. The van der Waals surface area contributed by atoms with Crippen molar-refractivity contribution in [2.45, 2.75) is 13.2 Å². The summed E-state index contributed by atoms with van der Waals surface area (Å²) in [5.41, 5.74) is 8.40. The molecular weight excluding hydrogens is 424 g/mol. The molecule has 0 saturated heterocycles. The fourth-order valence-corrected chi connectivity index (χ4v) is 2.09. The third kappa shape index (κ3) is 5.64. The van der Waals surface area contributed by atoms with Crippen LogP contribution in [0, 0.1) is 5.82 Å². The van der Waals surface area contributed by atoms with E-state index in [2.05, 4.69) is 10.3 Å². The van der Waals surface area contributed by atoms with Crippen molar-refractivity contribution in [3.8, 4) is 5.75 Å². The van der Waals surface area contributed by atoms with E-state index in [1.54, 1.807) is 19.2 Å². The molecule has 0 amide bonds. The van der Waals surface area contributed by atoms with Crippen LogP contribution in [0.25, 0.3) is 0 Å². The van der Waals surface area contributed by atoms with Crippen molar-refractivity contribution in [1.82, 2.24) is 0 Å². The Hall–Kier alpha value is -1.87. The van der Waals surface area contributed by atoms with Crippen LogP contribution in [0.15, 0.2) is 47.5 Å². The van der Waals surface area contributed by atoms with Gasteiger partial charge < -0.3 is 20.5 Å². The number of para-hydroxylation sites is 1. The summed E-state index contributed by atoms with van der Waals surface area (Å²) >= 11 is 0. The van der Waals surface area contributed by atoms with Crippen LogP contribution in [0.2, 0.25) is 0 Å². The molecule has 3 N–H and O–H groups in total. The number of hydrogen-bond donors (Lipinski definition) is 2. The zero-order valence-electron chi connectivity index (χ0n) is 13.6. The lowest BCUT2D eigenvalue weighted by molar-refractivity contribution is 0.185. The van der Waals surface area contributed by atoms with E-state index in [0.29, 0.717) is 12.2 Å². The molecule has 0 spiro atoms. The van der Waals surface area contributed by atoms with Crippen LogP contribution in [-0.4, -0.2) is 20.2 Å². The van der Waals surface area contributed by atoms with Gasteiger partial charge in [0.1, 0.15) is 0 Å². The fraction of sp³-hybridized carbons (Fsp3) is 0.235. The highest BCUT2D eigenvalue weighted by molar-refractivity contribution is 14.0. The van der Waals surface area contributed by atoms with E-state index in [4.69, 9.17) is 15.2 Å². The Morgan fingerprint density at radius 1 is 1.21 bits per heavy atom. The van der Waals surface area contributed by atoms with Crippen LogP contribution in [-0.2, 0) is 17.9 Å². The summed E-state index contributed by atoms with van der Waals surface area (Å²) in [5.74, 6) is 0.0410. The van der Waals surface area contributed by atoms with E-state index in [9.17, 15) is 4.39 Å². The standard InChI is InChI=1S/C17H20FN3O2.HI/c1-22-11-13-5-3-4-6-15(13)21-17(19)20-10-12-7-8-16(23-2)14(18)9-12;/h3-9H,10-11H2,1-2H3,(H3,19,20,21);1H. The van der Waals surface area contributed by atoms with Gasteiger partial charge in [-0.15, -0.1) is 24.0 Å². The van der Waals surface area contributed by atoms with Crippen molar-refractivity contribution in [1.29, 1.82) is 0 Å². The van der Waals surface area contributed by atoms with Crippen LogP contribution < -0.4 is 15.8 Å². The number of halogens is 2. The molecule has 0 fully saturated rings. The number of benzene rings is 2. The van der Waals surface area contributed by atoms with Crippen LogP contribution in [0.5, 0.6) is 5.75 Å². The average molecular weight is 445 g/mol. The Balaban J connectivity index is 0.00000288. The van der Waals surface area contributed by atoms with Gasteiger partial charge in [0.05, 0.1) is 20.3 Å². The number of hydrogen-bond acceptors (Lipinski definition) is 3. The van der Waals surface area contributed by atoms with Gasteiger partial charge in [-0.3, -0.25) is 0 Å². The molecule has 0 aliphatic carbocycles. The normalized spacial score (nSPS) is 10.9. The van der Waals surface area contributed by atoms with Gasteiger partial charge >= 0.3 is 0 Å². The summed E-state index contributed by atoms with van der Waals surface area (Å²) in [7, 11) is 3.06. The highest BCUT2D eigenvalue weighted by Gasteiger charge is 2.04. The second-order valence-electron chi connectivity index (χ2n) is 4.89. The largest absolute Gasteiger partial charge is 0.494 e. The lowest BCUT2D eigenvalue weighted by atomic mass is 10.2. The predicted octanol–water partition coefficient (Wildman–Crippen LogP) is 3.53. The molecule has 0 heterocycles. The smallest absolute Gasteiger partial charge is 0.193 e. The number of nitrogens with one attached hydrogen (secondary N) is 1. The number of ether oxygens (including phenoxy) is 2. The first-order chi connectivity index (χ1) is 11.1. The number of methoxy groups -OCH3 is 2. The maximum atomic E-state index is 13.6. The lowest BCUT2D eigenvalue weighted by Gasteiger charge is -2.11. The van der Waals surface area contributed by atoms with E-state index < -0.39 is 5.82 Å². The molecule has 2 aromatic rings. The first kappa shape index (κ1) is 20.2. The van der Waals surface area contributed by atoms with Gasteiger partial charge in [-0.25, -0.2) is 9.38 Å². The number of aliphatic imine (C=N–C) groups is 1. The van der Waals surface area contributed by atoms with E-state index >= 15 is 0 Å². The van der Waals surface area contributed by atoms with Crippen LogP contribution in [0.4, 0.5) is 10.1 Å². The Morgan fingerprint density at radius 2 is 1.96 bits per heavy atom. The lowest BCUT2D eigenvalue weighted by Crippen LogP contribution is -2.23. The summed E-state index contributed by atoms with van der Waals surface area (Å²) in [6, 6.07) is 12.4. The molecule has 7 heteroatoms. The van der Waals surface area contributed by atoms with Crippen molar-refractivity contribution in [3.05, 3.63) is 59.4 Å². The van der Waals surface area contributed by atoms with Gasteiger partial charge in [0, 0.05) is 18.4 Å². The number of anilines is 1. The number of nitrogens with zero attached hydrogens (tertiary/aromatic N) is 1. The topological polar surface area (TPSA) is 68.9 Å². The van der Waals surface area contributed by atoms with Gasteiger partial charge in [0.25, 0.3) is 0 Å². The monoisotopic (exact) mass is 445 g/mol. The Kier molecular flexibility index (Phi) is 8.48. The highest BCUT2D eigenvalue weighted by Crippen LogP contribution is 2.18. The highest BCUT2D eigenvalue weighted by atomic mass is 127. The van der Waals surface area contributed by atoms with Crippen molar-refractivity contribution in [2.24, 2.45) is 10.7 Å². The molecule has 0 radical (unpaired) electrons. The van der Waals surface area contributed by atoms with Gasteiger partial charge in [-0.1, -0.05) is 24.3 Å². The summed E-state index contributed by atoms with van der Waals surface area (Å²) < 4.78 is 23.6. The van der Waals surface area contributed by atoms with Gasteiger partial charge in [0.2, 0.25) is 0 Å². The molecule has 0 bridgehead atoms. The van der Waals surface area contributed by atoms with Crippen molar-refractivity contribution in [3.63, 3.8) is 0 Å². The van der Waals surface area contributed by atoms with E-state index in [1.165, 1.54) is 13.2 Å². The molecule has 5 nitrogen and oxygen atoms in total. The first-order valence-corrected chi connectivity index (χ1v) is 7.10. The minimum Gasteiger partial charge on any atom is -0.494 e. The van der Waals surface area contributed by atoms with Crippen molar-refractivity contribution in [2.75, 3.05) is 19.5 Å². The third-order valence-corrected chi connectivity index (χ3v) is 3.23. The molecule has 0 aliphatic heterocycles. The summed E-state index contributed by atoms with van der Waals surface area (Å²) in [6.07, 6.45) is 0. The Morgan fingerprint density at radius 3 is 2.62 bits per heavy atom. The average Bonchev–Trinajstić information content (AvgIpc) is 2.55. The van der Waals surface area contributed by atoms with E-state index in [-0.39, 0.29) is 42.2 Å². The second-order valence-corrected chi connectivity index (χ2v) is 4.89. The summed E-state index contributed by atoms with van der Waals surface area (Å²) in [6.45, 7) is 0.742. The number of nitrogens with two attached hydrogens (primary N) is 1. The minimum atomic E-state index is -0.419. The molecule has 2 aromatic carbocycles. The zero-order chi connectivity index (χ0) is 16.7. The van der Waals surface area contributed by atoms with Gasteiger partial charge in [-0.2, -0.15) is 0 Å². The van der Waals surface area contributed by atoms with Gasteiger partial charge in [0.15, 0.2) is 17.5 Å². The fourth-order valence-electron chi connectivity index (χ4n) is 2.09. The predicted molar refractivity (Wildman–Crippen MR) is 104 cm³/mol. The van der Waals surface area contributed by atoms with Crippen molar-refractivity contribution >= 4 is 35.6 Å². The quantitative estimate of drug-likeness (QED) is 0.406. The maximum Gasteiger partial charge on any atom is 0.193 e. The first-order valence-electron chi connectivity index (χ1n) is 7.10. The molecule has 0 saturated carbocycles. The van der Waals surface area contributed by atoms with E-state index in [1.807, 2.05) is 24.3 Å². The second kappa shape index (κ2) is 10.1. The molecule has 0 aromatic heterocycles. The van der Waals surface area contributed by atoms with Crippen LogP contribution >= 0.6 is 24.0 Å². The maximum absolute atomic E-state index is 13.6. The summed E-state index contributed by atoms with van der Waals surface area (Å²) in [5, 5.41) is 3.03. The third-order valence-electron chi connectivity index (χ3n) is 3.23. The number of rotatable bonds is 6. The molecule has 0 aliphatic rings. The van der Waals surface area contributed by atoms with Crippen molar-refractivity contribution < 1.29 is 13.9 Å². The number of guanidine groups is 1. The molecule has 24 heavy (non-hydrogen) atoms. The molecule has 0 atom stereocenters. The molecular formula is C17H21FIN3O2. The molecule has 2 rings (SSSR count). The van der Waals surface area contributed by atoms with E-state index in [0.717, 1.165) is 11.3 Å². The molecule has 130 valence electrons. The van der Waals surface area contributed by atoms with Crippen LogP contribution in [0.3, 0.4) is 0 Å². The Labute approximate surface area is 158 Å². The zero-order valence-corrected chi connectivity index (χ0v) is 15.9. The SMILES string of the molecule is COCc1ccccc1NC(N)=NCc1ccc(OC)c(F)c1.I. The minimum absolute atomic E-state index is 0. The summed E-state index contributed by atoms with van der Waals surface area (Å²) in [4.78, 5) is 4.22. The Bertz CT molecular complexity index is 695. The van der Waals surface area contributed by atoms with Crippen LogP contribution in [0.1, 0.15) is 11.1 Å².